The lowest BCUT2D eigenvalue weighted by Gasteiger charge is -2.29. The quantitative estimate of drug-likeness (QED) is 0.826. The number of hydrogen-bond acceptors (Lipinski definition) is 5. The van der Waals surface area contributed by atoms with Crippen LogP contribution in [0.3, 0.4) is 0 Å². The van der Waals surface area contributed by atoms with Crippen LogP contribution in [0, 0.1) is 0 Å². The molecule has 0 unspecified atom stereocenters. The minimum atomic E-state index is 0.124. The van der Waals surface area contributed by atoms with E-state index in [4.69, 9.17) is 9.15 Å². The fourth-order valence-corrected chi connectivity index (χ4v) is 4.68. The first-order valence-corrected chi connectivity index (χ1v) is 10.2. The first-order chi connectivity index (χ1) is 12.8. The molecule has 0 radical (unpaired) electrons. The standard InChI is InChI=1S/C20H24N2O3S/c23-20(16-3-5-17(6-4-16)21-9-13-24-14-10-21)22-8-7-19(26-15-11-22)18-2-1-12-25-18/h1-6,12,19H,7-11,13-15H2/t19-/m0/s1. The normalized spacial score (nSPS) is 21.5. The van der Waals surface area contributed by atoms with Gasteiger partial charge in [-0.05, 0) is 42.8 Å². The zero-order valence-corrected chi connectivity index (χ0v) is 15.6. The molecule has 3 heterocycles. The number of carbonyl (C=O) groups excluding carboxylic acids is 1. The SMILES string of the molecule is O=C(c1ccc(N2CCOCC2)cc1)N1CCS[C@H](c2ccco2)CC1. The molecule has 5 nitrogen and oxygen atoms in total. The van der Waals surface area contributed by atoms with Crippen LogP contribution < -0.4 is 4.90 Å². The number of rotatable bonds is 3. The molecule has 138 valence electrons. The van der Waals surface area contributed by atoms with Gasteiger partial charge in [-0.2, -0.15) is 0 Å². The zero-order valence-electron chi connectivity index (χ0n) is 14.8. The van der Waals surface area contributed by atoms with Crippen LogP contribution in [0.25, 0.3) is 0 Å². The van der Waals surface area contributed by atoms with Crippen LogP contribution in [-0.2, 0) is 4.74 Å². The molecule has 26 heavy (non-hydrogen) atoms. The average Bonchev–Trinajstić information content (AvgIpc) is 3.13. The summed E-state index contributed by atoms with van der Waals surface area (Å²) in [6.07, 6.45) is 2.65. The van der Waals surface area contributed by atoms with Gasteiger partial charge in [0.15, 0.2) is 0 Å². The van der Waals surface area contributed by atoms with Gasteiger partial charge in [0.25, 0.3) is 5.91 Å². The van der Waals surface area contributed by atoms with E-state index in [0.29, 0.717) is 5.25 Å². The van der Waals surface area contributed by atoms with Crippen molar-refractivity contribution in [1.29, 1.82) is 0 Å². The summed E-state index contributed by atoms with van der Waals surface area (Å²) in [6, 6.07) is 12.0. The first kappa shape index (κ1) is 17.5. The van der Waals surface area contributed by atoms with Crippen molar-refractivity contribution in [2.75, 3.05) is 50.0 Å². The summed E-state index contributed by atoms with van der Waals surface area (Å²) in [5.41, 5.74) is 1.93. The second-order valence-corrected chi connectivity index (χ2v) is 7.91. The lowest BCUT2D eigenvalue weighted by molar-refractivity contribution is 0.0766. The molecule has 0 aliphatic carbocycles. The molecular formula is C20H24N2O3S. The van der Waals surface area contributed by atoms with Crippen LogP contribution in [0.1, 0.15) is 27.8 Å². The molecule has 1 atom stereocenters. The molecule has 2 aromatic rings. The minimum absolute atomic E-state index is 0.124. The Kier molecular flexibility index (Phi) is 5.51. The Bertz CT molecular complexity index is 711. The van der Waals surface area contributed by atoms with Gasteiger partial charge in [-0.3, -0.25) is 4.79 Å². The van der Waals surface area contributed by atoms with E-state index >= 15 is 0 Å². The van der Waals surface area contributed by atoms with E-state index in [1.54, 1.807) is 6.26 Å². The van der Waals surface area contributed by atoms with Crippen molar-refractivity contribution in [3.63, 3.8) is 0 Å². The third-order valence-corrected chi connectivity index (χ3v) is 6.27. The lowest BCUT2D eigenvalue weighted by atomic mass is 10.1. The van der Waals surface area contributed by atoms with Crippen LogP contribution in [0.5, 0.6) is 0 Å². The Balaban J connectivity index is 1.39. The van der Waals surface area contributed by atoms with Crippen LogP contribution in [0.4, 0.5) is 5.69 Å². The van der Waals surface area contributed by atoms with Crippen molar-refractivity contribution in [2.24, 2.45) is 0 Å². The molecule has 2 aliphatic heterocycles. The van der Waals surface area contributed by atoms with Gasteiger partial charge in [0, 0.05) is 43.2 Å². The van der Waals surface area contributed by atoms with Gasteiger partial charge in [-0.15, -0.1) is 11.8 Å². The third-order valence-electron chi connectivity index (χ3n) is 4.98. The van der Waals surface area contributed by atoms with Crippen LogP contribution in [-0.4, -0.2) is 56.0 Å². The molecule has 0 bridgehead atoms. The van der Waals surface area contributed by atoms with Crippen molar-refractivity contribution >= 4 is 23.4 Å². The third kappa shape index (κ3) is 3.91. The highest BCUT2D eigenvalue weighted by Gasteiger charge is 2.24. The smallest absolute Gasteiger partial charge is 0.253 e. The predicted molar refractivity (Wildman–Crippen MR) is 104 cm³/mol. The van der Waals surface area contributed by atoms with Crippen molar-refractivity contribution in [3.8, 4) is 0 Å². The van der Waals surface area contributed by atoms with Gasteiger partial charge in [-0.25, -0.2) is 0 Å². The number of thioether (sulfide) groups is 1. The lowest BCUT2D eigenvalue weighted by Crippen LogP contribution is -2.36. The first-order valence-electron chi connectivity index (χ1n) is 9.18. The van der Waals surface area contributed by atoms with E-state index in [9.17, 15) is 4.79 Å². The van der Waals surface area contributed by atoms with Crippen molar-refractivity contribution in [2.45, 2.75) is 11.7 Å². The van der Waals surface area contributed by atoms with E-state index < -0.39 is 0 Å². The molecule has 2 saturated heterocycles. The maximum atomic E-state index is 12.9. The molecule has 2 aliphatic rings. The second-order valence-electron chi connectivity index (χ2n) is 6.60. The Morgan fingerprint density at radius 1 is 1.04 bits per heavy atom. The Hall–Kier alpha value is -1.92. The number of ether oxygens (including phenoxy) is 1. The fraction of sp³-hybridized carbons (Fsp3) is 0.450. The van der Waals surface area contributed by atoms with E-state index in [1.165, 1.54) is 0 Å². The van der Waals surface area contributed by atoms with E-state index in [1.807, 2.05) is 40.9 Å². The van der Waals surface area contributed by atoms with Gasteiger partial charge in [0.1, 0.15) is 5.76 Å². The monoisotopic (exact) mass is 372 g/mol. The number of nitrogens with zero attached hydrogens (tertiary/aromatic N) is 2. The molecule has 1 aromatic carbocycles. The maximum absolute atomic E-state index is 12.9. The highest BCUT2D eigenvalue weighted by Crippen LogP contribution is 2.34. The molecular weight excluding hydrogens is 348 g/mol. The molecule has 0 spiro atoms. The highest BCUT2D eigenvalue weighted by atomic mass is 32.2. The van der Waals surface area contributed by atoms with Gasteiger partial charge in [-0.1, -0.05) is 0 Å². The summed E-state index contributed by atoms with van der Waals surface area (Å²) in [5.74, 6) is 2.07. The number of carbonyl (C=O) groups is 1. The predicted octanol–water partition coefficient (Wildman–Crippen LogP) is 3.44. The summed E-state index contributed by atoms with van der Waals surface area (Å²) < 4.78 is 10.9. The topological polar surface area (TPSA) is 45.9 Å². The van der Waals surface area contributed by atoms with Crippen LogP contribution in [0.15, 0.2) is 47.1 Å². The zero-order chi connectivity index (χ0) is 17.8. The summed E-state index contributed by atoms with van der Waals surface area (Å²) in [5, 5.41) is 0.339. The average molecular weight is 372 g/mol. The maximum Gasteiger partial charge on any atom is 0.253 e. The number of furan rings is 1. The Labute approximate surface area is 158 Å². The van der Waals surface area contributed by atoms with Gasteiger partial charge < -0.3 is 19.0 Å². The fourth-order valence-electron chi connectivity index (χ4n) is 3.49. The van der Waals surface area contributed by atoms with Gasteiger partial charge in [0.2, 0.25) is 0 Å². The largest absolute Gasteiger partial charge is 0.468 e. The minimum Gasteiger partial charge on any atom is -0.468 e. The molecule has 4 rings (SSSR count). The summed E-state index contributed by atoms with van der Waals surface area (Å²) in [4.78, 5) is 17.2. The Morgan fingerprint density at radius 2 is 1.85 bits per heavy atom. The number of morpholine rings is 1. The van der Waals surface area contributed by atoms with E-state index in [-0.39, 0.29) is 5.91 Å². The van der Waals surface area contributed by atoms with Crippen LogP contribution in [0.2, 0.25) is 0 Å². The molecule has 6 heteroatoms. The second kappa shape index (κ2) is 8.18. The number of anilines is 1. The van der Waals surface area contributed by atoms with Gasteiger partial charge >= 0.3 is 0 Å². The molecule has 1 amide bonds. The number of amides is 1. The molecule has 0 N–H and O–H groups in total. The summed E-state index contributed by atoms with van der Waals surface area (Å²) in [7, 11) is 0. The van der Waals surface area contributed by atoms with Gasteiger partial charge in [0.05, 0.1) is 24.7 Å². The number of hydrogen-bond donors (Lipinski definition) is 0. The molecule has 1 aromatic heterocycles. The Morgan fingerprint density at radius 3 is 2.58 bits per heavy atom. The number of benzene rings is 1. The van der Waals surface area contributed by atoms with Crippen LogP contribution >= 0.6 is 11.8 Å². The van der Waals surface area contributed by atoms with Crippen molar-refractivity contribution < 1.29 is 13.9 Å². The van der Waals surface area contributed by atoms with Crippen molar-refractivity contribution in [3.05, 3.63) is 54.0 Å². The van der Waals surface area contributed by atoms with E-state index in [2.05, 4.69) is 17.0 Å². The van der Waals surface area contributed by atoms with E-state index in [0.717, 1.165) is 68.6 Å². The summed E-state index contributed by atoms with van der Waals surface area (Å²) in [6.45, 7) is 4.90. The molecule has 2 fully saturated rings. The highest BCUT2D eigenvalue weighted by molar-refractivity contribution is 7.99. The summed E-state index contributed by atoms with van der Waals surface area (Å²) >= 11 is 1.87. The van der Waals surface area contributed by atoms with Crippen molar-refractivity contribution in [1.82, 2.24) is 4.90 Å². The molecule has 0 saturated carbocycles.